The molecule has 8 heteroatoms. The molecule has 0 bridgehead atoms. The number of alkyl halides is 3. The molecule has 34 heavy (non-hydrogen) atoms. The quantitative estimate of drug-likeness (QED) is 0.372. The highest BCUT2D eigenvalue weighted by Gasteiger charge is 2.30. The van der Waals surface area contributed by atoms with Crippen LogP contribution in [0.4, 0.5) is 13.2 Å². The lowest BCUT2D eigenvalue weighted by atomic mass is 10.0. The van der Waals surface area contributed by atoms with Crippen molar-refractivity contribution in [3.8, 4) is 0 Å². The number of rotatable bonds is 6. The van der Waals surface area contributed by atoms with Gasteiger partial charge in [-0.2, -0.15) is 13.2 Å². The van der Waals surface area contributed by atoms with Crippen molar-refractivity contribution in [2.45, 2.75) is 25.7 Å². The Morgan fingerprint density at radius 1 is 0.971 bits per heavy atom. The van der Waals surface area contributed by atoms with E-state index in [4.69, 9.17) is 0 Å². The zero-order valence-corrected chi connectivity index (χ0v) is 18.1. The van der Waals surface area contributed by atoms with Crippen LogP contribution in [0.15, 0.2) is 79.0 Å². The molecule has 3 aromatic carbocycles. The summed E-state index contributed by atoms with van der Waals surface area (Å²) in [5, 5.41) is 13.0. The summed E-state index contributed by atoms with van der Waals surface area (Å²) >= 11 is 0. The van der Waals surface area contributed by atoms with Crippen LogP contribution in [0, 0.1) is 0 Å². The molecule has 0 aliphatic carbocycles. The van der Waals surface area contributed by atoms with Crippen molar-refractivity contribution in [1.82, 2.24) is 9.88 Å². The lowest BCUT2D eigenvalue weighted by Crippen LogP contribution is -2.28. The largest absolute Gasteiger partial charge is 0.478 e. The number of aromatic carboxylic acids is 1. The molecule has 1 heterocycles. The highest BCUT2D eigenvalue weighted by Crippen LogP contribution is 2.30. The van der Waals surface area contributed by atoms with E-state index in [1.807, 2.05) is 6.07 Å². The third-order valence-corrected chi connectivity index (χ3v) is 5.65. The van der Waals surface area contributed by atoms with Gasteiger partial charge in [-0.15, -0.1) is 0 Å². The second-order valence-electron chi connectivity index (χ2n) is 7.97. The number of hydrogen-bond donors (Lipinski definition) is 2. The zero-order chi connectivity index (χ0) is 24.5. The van der Waals surface area contributed by atoms with Crippen LogP contribution < -0.4 is 5.32 Å². The molecule has 1 atom stereocenters. The number of fused-ring (bicyclic) bond motifs is 1. The Morgan fingerprint density at radius 3 is 2.41 bits per heavy atom. The second-order valence-corrected chi connectivity index (χ2v) is 7.97. The summed E-state index contributed by atoms with van der Waals surface area (Å²) < 4.78 is 41.1. The lowest BCUT2D eigenvalue weighted by Gasteiger charge is -2.18. The van der Waals surface area contributed by atoms with Gasteiger partial charge in [0.1, 0.15) is 0 Å². The van der Waals surface area contributed by atoms with E-state index in [-0.39, 0.29) is 12.1 Å². The van der Waals surface area contributed by atoms with E-state index < -0.39 is 29.7 Å². The van der Waals surface area contributed by atoms with Crippen molar-refractivity contribution < 1.29 is 27.9 Å². The van der Waals surface area contributed by atoms with Gasteiger partial charge in [0, 0.05) is 18.1 Å². The molecule has 4 aromatic rings. The van der Waals surface area contributed by atoms with E-state index in [1.165, 1.54) is 12.1 Å². The van der Waals surface area contributed by atoms with Crippen LogP contribution in [-0.2, 0) is 12.7 Å². The number of nitrogens with zero attached hydrogens (tertiary/aromatic N) is 1. The zero-order valence-electron chi connectivity index (χ0n) is 18.1. The Kier molecular flexibility index (Phi) is 6.15. The first-order chi connectivity index (χ1) is 16.1. The molecule has 0 saturated heterocycles. The van der Waals surface area contributed by atoms with Crippen LogP contribution in [0.3, 0.4) is 0 Å². The molecule has 5 nitrogen and oxygen atoms in total. The Balaban J connectivity index is 1.65. The average Bonchev–Trinajstić information content (AvgIpc) is 3.21. The number of carbonyl (C=O) groups excluding carboxylic acids is 1. The van der Waals surface area contributed by atoms with E-state index in [2.05, 4.69) is 5.32 Å². The Morgan fingerprint density at radius 2 is 1.68 bits per heavy atom. The van der Waals surface area contributed by atoms with Gasteiger partial charge in [-0.3, -0.25) is 4.79 Å². The minimum Gasteiger partial charge on any atom is -0.478 e. The van der Waals surface area contributed by atoms with Gasteiger partial charge in [0.25, 0.3) is 5.91 Å². The predicted molar refractivity (Wildman–Crippen MR) is 122 cm³/mol. The molecule has 0 saturated carbocycles. The Bertz CT molecular complexity index is 1380. The number of benzene rings is 3. The highest BCUT2D eigenvalue weighted by molar-refractivity contribution is 6.06. The van der Waals surface area contributed by atoms with Crippen LogP contribution in [0.2, 0.25) is 0 Å². The number of para-hydroxylation sites is 1. The number of carboxylic acids is 1. The highest BCUT2D eigenvalue weighted by atomic mass is 19.4. The molecule has 1 aromatic heterocycles. The summed E-state index contributed by atoms with van der Waals surface area (Å²) in [5.74, 6) is -1.50. The van der Waals surface area contributed by atoms with E-state index >= 15 is 0 Å². The molecule has 2 N–H and O–H groups in total. The summed E-state index contributed by atoms with van der Waals surface area (Å²) in [6, 6.07) is 17.9. The number of hydrogen-bond acceptors (Lipinski definition) is 2. The van der Waals surface area contributed by atoms with E-state index in [1.54, 1.807) is 60.2 Å². The third-order valence-electron chi connectivity index (χ3n) is 5.65. The summed E-state index contributed by atoms with van der Waals surface area (Å²) in [6.45, 7) is 1.84. The van der Waals surface area contributed by atoms with Gasteiger partial charge in [0.15, 0.2) is 0 Å². The number of aromatic nitrogens is 1. The molecule has 0 aliphatic rings. The van der Waals surface area contributed by atoms with Crippen LogP contribution in [0.25, 0.3) is 10.9 Å². The molecule has 4 rings (SSSR count). The maximum atomic E-state index is 13.2. The first kappa shape index (κ1) is 23.1. The standard InChI is InChI=1S/C26H21F3N2O3/c1-16(20-9-2-3-10-21(20)25(33)34)30-24(32)22-11-5-7-18-12-13-31(23(18)22)15-17-6-4-8-19(14-17)26(27,28)29/h2-14,16H,15H2,1H3,(H,30,32)(H,33,34)/t16-/m0/s1. The van der Waals surface area contributed by atoms with Crippen molar-refractivity contribution in [2.75, 3.05) is 0 Å². The van der Waals surface area contributed by atoms with Crippen LogP contribution in [0.1, 0.15) is 50.4 Å². The van der Waals surface area contributed by atoms with E-state index in [9.17, 15) is 27.9 Å². The van der Waals surface area contributed by atoms with E-state index in [0.717, 1.165) is 17.5 Å². The van der Waals surface area contributed by atoms with Crippen molar-refractivity contribution in [3.05, 3.63) is 107 Å². The fraction of sp³-hybridized carbons (Fsp3) is 0.154. The average molecular weight is 466 g/mol. The maximum Gasteiger partial charge on any atom is 0.416 e. The van der Waals surface area contributed by atoms with Crippen molar-refractivity contribution >= 4 is 22.8 Å². The summed E-state index contributed by atoms with van der Waals surface area (Å²) in [6.07, 6.45) is -2.72. The Hall–Kier alpha value is -4.07. The summed E-state index contributed by atoms with van der Waals surface area (Å²) in [5.41, 5.74) is 1.21. The molecule has 0 fully saturated rings. The summed E-state index contributed by atoms with van der Waals surface area (Å²) in [4.78, 5) is 24.7. The van der Waals surface area contributed by atoms with E-state index in [0.29, 0.717) is 22.2 Å². The molecule has 0 radical (unpaired) electrons. The molecule has 0 unspecified atom stereocenters. The number of halogens is 3. The molecular weight excluding hydrogens is 445 g/mol. The summed E-state index contributed by atoms with van der Waals surface area (Å²) in [7, 11) is 0. The molecule has 0 aliphatic heterocycles. The monoisotopic (exact) mass is 466 g/mol. The fourth-order valence-electron chi connectivity index (χ4n) is 4.04. The van der Waals surface area contributed by atoms with Gasteiger partial charge in [-0.25, -0.2) is 4.79 Å². The maximum absolute atomic E-state index is 13.2. The van der Waals surface area contributed by atoms with Gasteiger partial charge < -0.3 is 15.0 Å². The molecule has 0 spiro atoms. The Labute approximate surface area is 193 Å². The van der Waals surface area contributed by atoms with Crippen LogP contribution in [0.5, 0.6) is 0 Å². The molecule has 174 valence electrons. The van der Waals surface area contributed by atoms with Gasteiger partial charge in [-0.05, 0) is 48.4 Å². The van der Waals surface area contributed by atoms with Crippen molar-refractivity contribution in [1.29, 1.82) is 0 Å². The van der Waals surface area contributed by atoms with Crippen molar-refractivity contribution in [3.63, 3.8) is 0 Å². The number of amides is 1. The smallest absolute Gasteiger partial charge is 0.416 e. The van der Waals surface area contributed by atoms with Gasteiger partial charge in [0.2, 0.25) is 0 Å². The number of carboxylic acid groups (broad SMARTS) is 1. The number of nitrogens with one attached hydrogen (secondary N) is 1. The number of carbonyl (C=O) groups is 2. The van der Waals surface area contributed by atoms with Crippen LogP contribution in [-0.4, -0.2) is 21.6 Å². The SMILES string of the molecule is C[C@H](NC(=O)c1cccc2ccn(Cc3cccc(C(F)(F)F)c3)c12)c1ccccc1C(=O)O. The van der Waals surface area contributed by atoms with Gasteiger partial charge in [-0.1, -0.05) is 42.5 Å². The van der Waals surface area contributed by atoms with Gasteiger partial charge in [0.05, 0.1) is 28.2 Å². The first-order valence-corrected chi connectivity index (χ1v) is 10.5. The van der Waals surface area contributed by atoms with Gasteiger partial charge >= 0.3 is 12.1 Å². The molecular formula is C26H21F3N2O3. The predicted octanol–water partition coefficient (Wildman–Crippen LogP) is 5.90. The van der Waals surface area contributed by atoms with Crippen molar-refractivity contribution in [2.24, 2.45) is 0 Å². The normalized spacial score (nSPS) is 12.5. The molecule has 1 amide bonds. The minimum absolute atomic E-state index is 0.0985. The fourth-order valence-corrected chi connectivity index (χ4v) is 4.04. The minimum atomic E-state index is -4.44. The first-order valence-electron chi connectivity index (χ1n) is 10.5. The third kappa shape index (κ3) is 4.66. The second kappa shape index (κ2) is 9.05. The van der Waals surface area contributed by atoms with Crippen LogP contribution >= 0.6 is 0 Å². The topological polar surface area (TPSA) is 71.3 Å². The lowest BCUT2D eigenvalue weighted by molar-refractivity contribution is -0.137.